The summed E-state index contributed by atoms with van der Waals surface area (Å²) in [5.41, 5.74) is 1.07. The predicted molar refractivity (Wildman–Crippen MR) is 79.4 cm³/mol. The normalized spacial score (nSPS) is 10.6. The lowest BCUT2D eigenvalue weighted by Crippen LogP contribution is -2.11. The van der Waals surface area contributed by atoms with Gasteiger partial charge >= 0.3 is 5.97 Å². The Labute approximate surface area is 125 Å². The second kappa shape index (κ2) is 5.44. The summed E-state index contributed by atoms with van der Waals surface area (Å²) in [6.45, 7) is 0. The summed E-state index contributed by atoms with van der Waals surface area (Å²) in [6.07, 6.45) is 1.42. The van der Waals surface area contributed by atoms with Crippen molar-refractivity contribution < 1.29 is 18.7 Å². The van der Waals surface area contributed by atoms with Gasteiger partial charge in [-0.25, -0.2) is 9.18 Å². The molecular formula is C17H12FNO3. The monoisotopic (exact) mass is 297 g/mol. The molecule has 0 N–H and O–H groups in total. The number of methoxy groups -OCH3 is 1. The van der Waals surface area contributed by atoms with Gasteiger partial charge in [0.1, 0.15) is 5.82 Å². The lowest BCUT2D eigenvalue weighted by atomic mass is 10.2. The summed E-state index contributed by atoms with van der Waals surface area (Å²) >= 11 is 0. The fourth-order valence-corrected chi connectivity index (χ4v) is 2.38. The second-order valence-corrected chi connectivity index (χ2v) is 4.74. The van der Waals surface area contributed by atoms with Crippen molar-refractivity contribution in [3.8, 4) is 0 Å². The van der Waals surface area contributed by atoms with E-state index in [9.17, 15) is 14.0 Å². The number of esters is 1. The van der Waals surface area contributed by atoms with Gasteiger partial charge in [0.25, 0.3) is 5.91 Å². The van der Waals surface area contributed by atoms with Crippen LogP contribution in [0.4, 0.5) is 4.39 Å². The van der Waals surface area contributed by atoms with Gasteiger partial charge in [-0.3, -0.25) is 9.36 Å². The Morgan fingerprint density at radius 2 is 1.86 bits per heavy atom. The highest BCUT2D eigenvalue weighted by Gasteiger charge is 2.19. The zero-order valence-electron chi connectivity index (χ0n) is 11.7. The highest BCUT2D eigenvalue weighted by atomic mass is 19.1. The molecule has 22 heavy (non-hydrogen) atoms. The van der Waals surface area contributed by atoms with Crippen molar-refractivity contribution >= 4 is 22.8 Å². The minimum Gasteiger partial charge on any atom is -0.465 e. The van der Waals surface area contributed by atoms with Gasteiger partial charge < -0.3 is 4.74 Å². The number of nitrogens with zero attached hydrogens (tertiary/aromatic N) is 1. The number of carbonyl (C=O) groups excluding carboxylic acids is 2. The molecule has 0 aliphatic carbocycles. The molecule has 0 unspecified atom stereocenters. The first-order valence-corrected chi connectivity index (χ1v) is 6.60. The van der Waals surface area contributed by atoms with Crippen molar-refractivity contribution in [2.45, 2.75) is 0 Å². The smallest absolute Gasteiger partial charge is 0.340 e. The summed E-state index contributed by atoms with van der Waals surface area (Å²) in [4.78, 5) is 24.4. The van der Waals surface area contributed by atoms with Crippen LogP contribution in [0.2, 0.25) is 0 Å². The van der Waals surface area contributed by atoms with E-state index in [1.807, 2.05) is 0 Å². The van der Waals surface area contributed by atoms with Crippen molar-refractivity contribution in [1.29, 1.82) is 0 Å². The van der Waals surface area contributed by atoms with E-state index in [1.165, 1.54) is 36.1 Å². The van der Waals surface area contributed by atoms with Crippen LogP contribution in [0.5, 0.6) is 0 Å². The molecule has 5 heteroatoms. The molecule has 0 amide bonds. The molecule has 0 bridgehead atoms. The molecule has 0 saturated heterocycles. The zero-order chi connectivity index (χ0) is 15.7. The van der Waals surface area contributed by atoms with Crippen LogP contribution < -0.4 is 0 Å². The number of halogens is 1. The molecule has 0 aliphatic heterocycles. The van der Waals surface area contributed by atoms with Gasteiger partial charge in [0.05, 0.1) is 18.2 Å². The van der Waals surface area contributed by atoms with E-state index in [4.69, 9.17) is 4.74 Å². The third-order valence-corrected chi connectivity index (χ3v) is 3.41. The average Bonchev–Trinajstić information content (AvgIpc) is 2.93. The molecule has 4 nitrogen and oxygen atoms in total. The maximum atomic E-state index is 13.3. The number of ether oxygens (including phenoxy) is 1. The molecular weight excluding hydrogens is 285 g/mol. The zero-order valence-corrected chi connectivity index (χ0v) is 11.7. The number of para-hydroxylation sites is 1. The molecule has 1 heterocycles. The Morgan fingerprint density at radius 3 is 2.59 bits per heavy atom. The molecule has 3 aromatic rings. The molecule has 0 spiro atoms. The lowest BCUT2D eigenvalue weighted by molar-refractivity contribution is 0.0603. The Balaban J connectivity index is 2.19. The van der Waals surface area contributed by atoms with Crippen molar-refractivity contribution in [3.05, 3.63) is 71.7 Å². The second-order valence-electron chi connectivity index (χ2n) is 4.74. The number of aromatic nitrogens is 1. The van der Waals surface area contributed by atoms with Crippen LogP contribution in [-0.2, 0) is 4.74 Å². The van der Waals surface area contributed by atoms with Crippen LogP contribution in [0.3, 0.4) is 0 Å². The maximum Gasteiger partial charge on any atom is 0.340 e. The lowest BCUT2D eigenvalue weighted by Gasteiger charge is -2.04. The van der Waals surface area contributed by atoms with Gasteiger partial charge in [0.2, 0.25) is 0 Å². The van der Waals surface area contributed by atoms with E-state index in [0.29, 0.717) is 16.5 Å². The number of rotatable bonds is 2. The minimum atomic E-state index is -0.526. The van der Waals surface area contributed by atoms with Crippen LogP contribution in [-0.4, -0.2) is 23.6 Å². The number of benzene rings is 2. The summed E-state index contributed by atoms with van der Waals surface area (Å²) in [7, 11) is 1.28. The number of hydrogen-bond acceptors (Lipinski definition) is 3. The van der Waals surface area contributed by atoms with Crippen molar-refractivity contribution in [1.82, 2.24) is 4.57 Å². The summed E-state index contributed by atoms with van der Waals surface area (Å²) in [6, 6.07) is 12.4. The summed E-state index contributed by atoms with van der Waals surface area (Å²) in [5, 5.41) is 0.610. The molecule has 2 aromatic carbocycles. The van der Waals surface area contributed by atoms with Crippen molar-refractivity contribution in [2.24, 2.45) is 0 Å². The quantitative estimate of drug-likeness (QED) is 0.682. The molecule has 0 atom stereocenters. The van der Waals surface area contributed by atoms with Gasteiger partial charge in [-0.2, -0.15) is 0 Å². The Morgan fingerprint density at radius 1 is 1.09 bits per heavy atom. The standard InChI is InChI=1S/C17H12FNO3/c1-22-17(21)14-10-19(15-8-3-2-7-13(14)15)16(20)11-5-4-6-12(18)9-11/h2-10H,1H3. The predicted octanol–water partition coefficient (Wildman–Crippen LogP) is 3.26. The van der Waals surface area contributed by atoms with Crippen LogP contribution in [0, 0.1) is 5.82 Å². The van der Waals surface area contributed by atoms with E-state index in [1.54, 1.807) is 24.3 Å². The van der Waals surface area contributed by atoms with Crippen LogP contribution in [0.15, 0.2) is 54.7 Å². The molecule has 0 aliphatic rings. The van der Waals surface area contributed by atoms with Crippen molar-refractivity contribution in [3.63, 3.8) is 0 Å². The third-order valence-electron chi connectivity index (χ3n) is 3.41. The third kappa shape index (κ3) is 2.26. The van der Waals surface area contributed by atoms with E-state index in [2.05, 4.69) is 0 Å². The molecule has 0 saturated carbocycles. The molecule has 0 fully saturated rings. The summed E-state index contributed by atoms with van der Waals surface area (Å²) < 4.78 is 19.4. The minimum absolute atomic E-state index is 0.206. The van der Waals surface area contributed by atoms with E-state index < -0.39 is 17.7 Å². The van der Waals surface area contributed by atoms with Crippen molar-refractivity contribution in [2.75, 3.05) is 7.11 Å². The fourth-order valence-electron chi connectivity index (χ4n) is 2.38. The average molecular weight is 297 g/mol. The maximum absolute atomic E-state index is 13.3. The Hall–Kier alpha value is -2.95. The summed E-state index contributed by atoms with van der Waals surface area (Å²) in [5.74, 6) is -1.43. The van der Waals surface area contributed by atoms with Crippen LogP contribution in [0.1, 0.15) is 20.7 Å². The molecule has 1 aromatic heterocycles. The fraction of sp³-hybridized carbons (Fsp3) is 0.0588. The first-order chi connectivity index (χ1) is 10.6. The SMILES string of the molecule is COC(=O)c1cn(C(=O)c2cccc(F)c2)c2ccccc12. The van der Waals surface area contributed by atoms with Crippen LogP contribution >= 0.6 is 0 Å². The van der Waals surface area contributed by atoms with Crippen LogP contribution in [0.25, 0.3) is 10.9 Å². The number of carbonyl (C=O) groups is 2. The molecule has 0 radical (unpaired) electrons. The van der Waals surface area contributed by atoms with Gasteiger partial charge in [-0.15, -0.1) is 0 Å². The highest BCUT2D eigenvalue weighted by Crippen LogP contribution is 2.23. The number of hydrogen-bond donors (Lipinski definition) is 0. The highest BCUT2D eigenvalue weighted by molar-refractivity contribution is 6.09. The largest absolute Gasteiger partial charge is 0.465 e. The Kier molecular flexibility index (Phi) is 3.47. The van der Waals surface area contributed by atoms with Gasteiger partial charge in [-0.05, 0) is 24.3 Å². The first kappa shape index (κ1) is 14.0. The number of fused-ring (bicyclic) bond motifs is 1. The molecule has 110 valence electrons. The van der Waals surface area contributed by atoms with E-state index in [0.717, 1.165) is 6.07 Å². The first-order valence-electron chi connectivity index (χ1n) is 6.60. The Bertz CT molecular complexity index is 882. The van der Waals surface area contributed by atoms with E-state index >= 15 is 0 Å². The topological polar surface area (TPSA) is 48.3 Å². The van der Waals surface area contributed by atoms with Gasteiger partial charge in [0.15, 0.2) is 0 Å². The molecule has 3 rings (SSSR count). The van der Waals surface area contributed by atoms with E-state index in [-0.39, 0.29) is 5.56 Å². The van der Waals surface area contributed by atoms with Gasteiger partial charge in [-0.1, -0.05) is 24.3 Å². The van der Waals surface area contributed by atoms with Gasteiger partial charge in [0, 0.05) is 17.1 Å².